The highest BCUT2D eigenvalue weighted by Gasteiger charge is 2.23. The van der Waals surface area contributed by atoms with Crippen LogP contribution >= 0.6 is 0 Å². The van der Waals surface area contributed by atoms with E-state index >= 15 is 0 Å². The SMILES string of the molecule is Cc1cc2occ(CC(=O)Nc3cccc(C(=O)NC4CC4)c3)c2cc1C. The number of rotatable bonds is 5. The van der Waals surface area contributed by atoms with Gasteiger partial charge >= 0.3 is 0 Å². The van der Waals surface area contributed by atoms with E-state index < -0.39 is 0 Å². The number of carbonyl (C=O) groups excluding carboxylic acids is 2. The molecule has 2 aromatic carbocycles. The summed E-state index contributed by atoms with van der Waals surface area (Å²) >= 11 is 0. The van der Waals surface area contributed by atoms with E-state index in [0.29, 0.717) is 17.3 Å². The predicted molar refractivity (Wildman–Crippen MR) is 105 cm³/mol. The zero-order valence-electron chi connectivity index (χ0n) is 15.5. The van der Waals surface area contributed by atoms with Gasteiger partial charge in [0.1, 0.15) is 5.58 Å². The van der Waals surface area contributed by atoms with Crippen molar-refractivity contribution in [3.63, 3.8) is 0 Å². The molecule has 0 saturated heterocycles. The zero-order chi connectivity index (χ0) is 19.0. The van der Waals surface area contributed by atoms with E-state index in [2.05, 4.69) is 16.7 Å². The number of amides is 2. The zero-order valence-corrected chi connectivity index (χ0v) is 15.5. The lowest BCUT2D eigenvalue weighted by molar-refractivity contribution is -0.115. The average molecular weight is 362 g/mol. The molecule has 27 heavy (non-hydrogen) atoms. The number of anilines is 1. The van der Waals surface area contributed by atoms with Crippen LogP contribution in [-0.2, 0) is 11.2 Å². The quantitative estimate of drug-likeness (QED) is 0.717. The predicted octanol–water partition coefficient (Wildman–Crippen LogP) is 4.12. The average Bonchev–Trinajstić information content (AvgIpc) is 3.38. The highest BCUT2D eigenvalue weighted by molar-refractivity contribution is 5.98. The molecule has 5 nitrogen and oxygen atoms in total. The Balaban J connectivity index is 1.46. The third kappa shape index (κ3) is 3.87. The van der Waals surface area contributed by atoms with E-state index in [1.54, 1.807) is 30.5 Å². The van der Waals surface area contributed by atoms with E-state index in [1.807, 2.05) is 19.9 Å². The van der Waals surface area contributed by atoms with Crippen molar-refractivity contribution in [3.05, 3.63) is 64.9 Å². The van der Waals surface area contributed by atoms with Gasteiger partial charge in [-0.2, -0.15) is 0 Å². The Bertz CT molecular complexity index is 1030. The summed E-state index contributed by atoms with van der Waals surface area (Å²) in [5, 5.41) is 6.79. The molecule has 2 N–H and O–H groups in total. The van der Waals surface area contributed by atoms with Crippen LogP contribution in [0.1, 0.15) is 39.9 Å². The van der Waals surface area contributed by atoms with Crippen molar-refractivity contribution in [2.45, 2.75) is 39.2 Å². The summed E-state index contributed by atoms with van der Waals surface area (Å²) in [7, 11) is 0. The maximum atomic E-state index is 12.5. The molecule has 0 bridgehead atoms. The summed E-state index contributed by atoms with van der Waals surface area (Å²) < 4.78 is 5.60. The lowest BCUT2D eigenvalue weighted by Crippen LogP contribution is -2.25. The second-order valence-electron chi connectivity index (χ2n) is 7.25. The molecule has 4 rings (SSSR count). The molecule has 0 radical (unpaired) electrons. The smallest absolute Gasteiger partial charge is 0.251 e. The van der Waals surface area contributed by atoms with Crippen LogP contribution in [0.25, 0.3) is 11.0 Å². The molecule has 1 saturated carbocycles. The standard InChI is InChI=1S/C22H22N2O3/c1-13-8-19-16(12-27-20(19)9-14(13)2)11-21(25)23-18-5-3-4-15(10-18)22(26)24-17-6-7-17/h3-5,8-10,12,17H,6-7,11H2,1-2H3,(H,23,25)(H,24,26). The van der Waals surface area contributed by atoms with E-state index in [4.69, 9.17) is 4.42 Å². The van der Waals surface area contributed by atoms with Gasteiger partial charge in [0.05, 0.1) is 12.7 Å². The summed E-state index contributed by atoms with van der Waals surface area (Å²) in [5.74, 6) is -0.240. The molecule has 138 valence electrons. The lowest BCUT2D eigenvalue weighted by Gasteiger charge is -2.08. The fraction of sp³-hybridized carbons (Fsp3) is 0.273. The van der Waals surface area contributed by atoms with Crippen molar-refractivity contribution < 1.29 is 14.0 Å². The third-order valence-corrected chi connectivity index (χ3v) is 4.94. The number of carbonyl (C=O) groups is 2. The van der Waals surface area contributed by atoms with Gasteiger partial charge in [-0.25, -0.2) is 0 Å². The second kappa shape index (κ2) is 6.91. The molecule has 1 aliphatic rings. The molecule has 1 aromatic heterocycles. The Kier molecular flexibility index (Phi) is 4.44. The van der Waals surface area contributed by atoms with Gasteiger partial charge in [0.15, 0.2) is 0 Å². The van der Waals surface area contributed by atoms with Gasteiger partial charge in [-0.15, -0.1) is 0 Å². The van der Waals surface area contributed by atoms with Crippen LogP contribution in [0.15, 0.2) is 47.1 Å². The Hall–Kier alpha value is -3.08. The monoisotopic (exact) mass is 362 g/mol. The first-order chi connectivity index (χ1) is 13.0. The number of benzene rings is 2. The Labute approximate surface area is 157 Å². The number of hydrogen-bond donors (Lipinski definition) is 2. The lowest BCUT2D eigenvalue weighted by atomic mass is 10.0. The van der Waals surface area contributed by atoms with Crippen LogP contribution in [0.4, 0.5) is 5.69 Å². The summed E-state index contributed by atoms with van der Waals surface area (Å²) in [6.45, 7) is 4.08. The van der Waals surface area contributed by atoms with Crippen LogP contribution in [0.5, 0.6) is 0 Å². The fourth-order valence-electron chi connectivity index (χ4n) is 3.09. The van der Waals surface area contributed by atoms with Crippen molar-refractivity contribution in [2.24, 2.45) is 0 Å². The molecule has 3 aromatic rings. The molecule has 0 atom stereocenters. The maximum Gasteiger partial charge on any atom is 0.251 e. The number of aryl methyl sites for hydroxylation is 2. The van der Waals surface area contributed by atoms with Gasteiger partial charge in [-0.1, -0.05) is 6.07 Å². The fourth-order valence-corrected chi connectivity index (χ4v) is 3.09. The van der Waals surface area contributed by atoms with Gasteiger partial charge in [0, 0.05) is 28.2 Å². The first-order valence-electron chi connectivity index (χ1n) is 9.18. The normalized spacial score (nSPS) is 13.6. The van der Waals surface area contributed by atoms with E-state index in [9.17, 15) is 9.59 Å². The maximum absolute atomic E-state index is 12.5. The van der Waals surface area contributed by atoms with Gasteiger partial charge in [0.25, 0.3) is 5.91 Å². The molecular weight excluding hydrogens is 340 g/mol. The van der Waals surface area contributed by atoms with E-state index in [-0.39, 0.29) is 18.2 Å². The molecule has 0 unspecified atom stereocenters. The number of furan rings is 1. The van der Waals surface area contributed by atoms with E-state index in [1.165, 1.54) is 5.56 Å². The minimum atomic E-state index is -0.143. The Morgan fingerprint density at radius 1 is 1.11 bits per heavy atom. The molecule has 0 spiro atoms. The minimum Gasteiger partial charge on any atom is -0.464 e. The number of hydrogen-bond acceptors (Lipinski definition) is 3. The molecular formula is C22H22N2O3. The van der Waals surface area contributed by atoms with Gasteiger partial charge in [0.2, 0.25) is 5.91 Å². The third-order valence-electron chi connectivity index (χ3n) is 4.94. The number of fused-ring (bicyclic) bond motifs is 1. The molecule has 1 heterocycles. The summed E-state index contributed by atoms with van der Waals surface area (Å²) in [6, 6.07) is 11.4. The summed E-state index contributed by atoms with van der Waals surface area (Å²) in [5.41, 5.74) is 5.14. The molecule has 5 heteroatoms. The summed E-state index contributed by atoms with van der Waals surface area (Å²) in [6.07, 6.45) is 3.94. The Morgan fingerprint density at radius 3 is 2.67 bits per heavy atom. The van der Waals surface area contributed by atoms with Crippen LogP contribution in [0.3, 0.4) is 0 Å². The second-order valence-corrected chi connectivity index (χ2v) is 7.25. The van der Waals surface area contributed by atoms with Crippen molar-refractivity contribution >= 4 is 28.5 Å². The van der Waals surface area contributed by atoms with Crippen LogP contribution in [-0.4, -0.2) is 17.9 Å². The topological polar surface area (TPSA) is 71.3 Å². The van der Waals surface area contributed by atoms with Gasteiger partial charge in [-0.3, -0.25) is 9.59 Å². The molecule has 2 amide bonds. The highest BCUT2D eigenvalue weighted by atomic mass is 16.3. The molecule has 1 aliphatic carbocycles. The first kappa shape index (κ1) is 17.3. The van der Waals surface area contributed by atoms with Crippen LogP contribution in [0.2, 0.25) is 0 Å². The van der Waals surface area contributed by atoms with Crippen LogP contribution < -0.4 is 10.6 Å². The molecule has 1 fully saturated rings. The van der Waals surface area contributed by atoms with Crippen molar-refractivity contribution in [2.75, 3.05) is 5.32 Å². The van der Waals surface area contributed by atoms with Crippen LogP contribution in [0, 0.1) is 13.8 Å². The van der Waals surface area contributed by atoms with Gasteiger partial charge < -0.3 is 15.1 Å². The van der Waals surface area contributed by atoms with Crippen molar-refractivity contribution in [3.8, 4) is 0 Å². The first-order valence-corrected chi connectivity index (χ1v) is 9.18. The van der Waals surface area contributed by atoms with Gasteiger partial charge in [-0.05, 0) is 68.1 Å². The highest BCUT2D eigenvalue weighted by Crippen LogP contribution is 2.25. The summed E-state index contributed by atoms with van der Waals surface area (Å²) in [4.78, 5) is 24.6. The number of nitrogens with one attached hydrogen (secondary N) is 2. The Morgan fingerprint density at radius 2 is 1.89 bits per heavy atom. The van der Waals surface area contributed by atoms with Crippen molar-refractivity contribution in [1.29, 1.82) is 0 Å². The van der Waals surface area contributed by atoms with E-state index in [0.717, 1.165) is 34.9 Å². The molecule has 0 aliphatic heterocycles. The largest absolute Gasteiger partial charge is 0.464 e. The minimum absolute atomic E-state index is 0.0970. The van der Waals surface area contributed by atoms with Crippen molar-refractivity contribution in [1.82, 2.24) is 5.32 Å².